The highest BCUT2D eigenvalue weighted by Crippen LogP contribution is 2.33. The first-order valence-corrected chi connectivity index (χ1v) is 6.84. The van der Waals surface area contributed by atoms with Gasteiger partial charge in [-0.15, -0.1) is 0 Å². The normalized spacial score (nSPS) is 11.6. The molecule has 0 aliphatic heterocycles. The van der Waals surface area contributed by atoms with Crippen molar-refractivity contribution in [1.29, 1.82) is 0 Å². The fourth-order valence-electron chi connectivity index (χ4n) is 1.82. The number of rotatable bonds is 4. The standard InChI is InChI=1S/C14H14F3NS/c1-10-2-3-12(8-13(10)14(15,16)17)18-6-4-11-5-7-19-9-11/h2-3,5,7-9,18H,4,6H2,1H3. The number of alkyl halides is 3. The fraction of sp³-hybridized carbons (Fsp3) is 0.286. The SMILES string of the molecule is Cc1ccc(NCCc2ccsc2)cc1C(F)(F)F. The van der Waals surface area contributed by atoms with Gasteiger partial charge in [0.15, 0.2) is 0 Å². The van der Waals surface area contributed by atoms with E-state index in [1.54, 1.807) is 17.4 Å². The first-order valence-electron chi connectivity index (χ1n) is 5.89. The molecule has 0 saturated carbocycles. The van der Waals surface area contributed by atoms with Crippen LogP contribution in [-0.2, 0) is 12.6 Å². The van der Waals surface area contributed by atoms with E-state index in [0.29, 0.717) is 12.2 Å². The van der Waals surface area contributed by atoms with E-state index in [2.05, 4.69) is 5.32 Å². The first kappa shape index (κ1) is 13.9. The highest BCUT2D eigenvalue weighted by atomic mass is 32.1. The van der Waals surface area contributed by atoms with Gasteiger partial charge in [-0.05, 0) is 53.4 Å². The molecule has 0 aliphatic carbocycles. The molecule has 0 atom stereocenters. The van der Waals surface area contributed by atoms with Gasteiger partial charge < -0.3 is 5.32 Å². The fourth-order valence-corrected chi connectivity index (χ4v) is 2.53. The molecule has 0 spiro atoms. The lowest BCUT2D eigenvalue weighted by molar-refractivity contribution is -0.138. The summed E-state index contributed by atoms with van der Waals surface area (Å²) in [4.78, 5) is 0. The summed E-state index contributed by atoms with van der Waals surface area (Å²) in [6.45, 7) is 2.09. The summed E-state index contributed by atoms with van der Waals surface area (Å²) in [6.07, 6.45) is -3.49. The van der Waals surface area contributed by atoms with Crippen LogP contribution in [0.15, 0.2) is 35.0 Å². The first-order chi connectivity index (χ1) is 8.97. The molecule has 102 valence electrons. The molecule has 0 aliphatic rings. The Morgan fingerprint density at radius 1 is 1.21 bits per heavy atom. The molecule has 2 rings (SSSR count). The Labute approximate surface area is 114 Å². The van der Waals surface area contributed by atoms with Crippen LogP contribution < -0.4 is 5.32 Å². The molecular formula is C14H14F3NS. The van der Waals surface area contributed by atoms with Crippen LogP contribution in [0.4, 0.5) is 18.9 Å². The Balaban J connectivity index is 2.01. The Morgan fingerprint density at radius 3 is 2.63 bits per heavy atom. The Kier molecular flexibility index (Phi) is 4.14. The average Bonchev–Trinajstić information content (AvgIpc) is 2.83. The number of halogens is 3. The highest BCUT2D eigenvalue weighted by Gasteiger charge is 2.32. The maximum Gasteiger partial charge on any atom is 0.416 e. The predicted molar refractivity (Wildman–Crippen MR) is 72.7 cm³/mol. The summed E-state index contributed by atoms with van der Waals surface area (Å²) >= 11 is 1.62. The molecule has 0 fully saturated rings. The number of anilines is 1. The second kappa shape index (κ2) is 5.65. The van der Waals surface area contributed by atoms with Crippen LogP contribution in [0.5, 0.6) is 0 Å². The number of benzene rings is 1. The van der Waals surface area contributed by atoms with Gasteiger partial charge in [0.1, 0.15) is 0 Å². The quantitative estimate of drug-likeness (QED) is 0.856. The van der Waals surface area contributed by atoms with Gasteiger partial charge in [-0.1, -0.05) is 6.07 Å². The molecule has 0 radical (unpaired) electrons. The molecule has 0 amide bonds. The minimum absolute atomic E-state index is 0.246. The maximum absolute atomic E-state index is 12.7. The van der Waals surface area contributed by atoms with Gasteiger partial charge in [0, 0.05) is 12.2 Å². The molecule has 0 unspecified atom stereocenters. The van der Waals surface area contributed by atoms with Crippen molar-refractivity contribution in [2.24, 2.45) is 0 Å². The minimum Gasteiger partial charge on any atom is -0.385 e. The van der Waals surface area contributed by atoms with Crippen LogP contribution >= 0.6 is 11.3 Å². The van der Waals surface area contributed by atoms with Gasteiger partial charge in [-0.25, -0.2) is 0 Å². The Morgan fingerprint density at radius 2 is 2.00 bits per heavy atom. The van der Waals surface area contributed by atoms with Gasteiger partial charge in [0.05, 0.1) is 5.56 Å². The van der Waals surface area contributed by atoms with E-state index in [1.807, 2.05) is 16.8 Å². The van der Waals surface area contributed by atoms with Crippen LogP contribution in [0.1, 0.15) is 16.7 Å². The van der Waals surface area contributed by atoms with E-state index in [0.717, 1.165) is 6.42 Å². The van der Waals surface area contributed by atoms with Crippen molar-refractivity contribution in [2.75, 3.05) is 11.9 Å². The smallest absolute Gasteiger partial charge is 0.385 e. The topological polar surface area (TPSA) is 12.0 Å². The van der Waals surface area contributed by atoms with Crippen LogP contribution in [0, 0.1) is 6.92 Å². The van der Waals surface area contributed by atoms with Crippen molar-refractivity contribution in [3.05, 3.63) is 51.7 Å². The lowest BCUT2D eigenvalue weighted by Crippen LogP contribution is -2.10. The summed E-state index contributed by atoms with van der Waals surface area (Å²) in [5.74, 6) is 0. The minimum atomic E-state index is -4.30. The van der Waals surface area contributed by atoms with Crippen molar-refractivity contribution >= 4 is 17.0 Å². The number of nitrogens with one attached hydrogen (secondary N) is 1. The molecule has 1 nitrogen and oxygen atoms in total. The van der Waals surface area contributed by atoms with Crippen molar-refractivity contribution in [3.8, 4) is 0 Å². The largest absolute Gasteiger partial charge is 0.416 e. The monoisotopic (exact) mass is 285 g/mol. The van der Waals surface area contributed by atoms with Crippen LogP contribution in [0.25, 0.3) is 0 Å². The summed E-state index contributed by atoms with van der Waals surface area (Å²) in [7, 11) is 0. The van der Waals surface area contributed by atoms with Crippen LogP contribution in [0.3, 0.4) is 0 Å². The zero-order valence-electron chi connectivity index (χ0n) is 10.4. The summed E-state index contributed by atoms with van der Waals surface area (Å²) in [6, 6.07) is 6.36. The second-order valence-corrected chi connectivity index (χ2v) is 5.12. The second-order valence-electron chi connectivity index (χ2n) is 4.34. The average molecular weight is 285 g/mol. The molecule has 19 heavy (non-hydrogen) atoms. The third kappa shape index (κ3) is 3.73. The van der Waals surface area contributed by atoms with Gasteiger partial charge >= 0.3 is 6.18 Å². The number of aryl methyl sites for hydroxylation is 1. The van der Waals surface area contributed by atoms with E-state index < -0.39 is 11.7 Å². The molecule has 1 aromatic heterocycles. The molecule has 0 bridgehead atoms. The van der Waals surface area contributed by atoms with E-state index in [4.69, 9.17) is 0 Å². The molecule has 1 heterocycles. The number of hydrogen-bond acceptors (Lipinski definition) is 2. The summed E-state index contributed by atoms with van der Waals surface area (Å²) in [5, 5.41) is 7.06. The van der Waals surface area contributed by atoms with E-state index in [-0.39, 0.29) is 5.56 Å². The van der Waals surface area contributed by atoms with Crippen molar-refractivity contribution in [2.45, 2.75) is 19.5 Å². The van der Waals surface area contributed by atoms with Gasteiger partial charge in [-0.3, -0.25) is 0 Å². The molecule has 5 heteroatoms. The molecular weight excluding hydrogens is 271 g/mol. The Bertz CT molecular complexity index is 532. The van der Waals surface area contributed by atoms with Crippen LogP contribution in [0.2, 0.25) is 0 Å². The lowest BCUT2D eigenvalue weighted by Gasteiger charge is -2.13. The number of thiophene rings is 1. The predicted octanol–water partition coefficient (Wildman–Crippen LogP) is 4.73. The third-order valence-corrected chi connectivity index (χ3v) is 3.60. The van der Waals surface area contributed by atoms with Crippen LogP contribution in [-0.4, -0.2) is 6.54 Å². The summed E-state index contributed by atoms with van der Waals surface area (Å²) < 4.78 is 38.2. The molecule has 2 aromatic rings. The molecule has 1 aromatic carbocycles. The van der Waals surface area contributed by atoms with Crippen molar-refractivity contribution in [1.82, 2.24) is 0 Å². The lowest BCUT2D eigenvalue weighted by atomic mass is 10.1. The molecule has 0 saturated heterocycles. The van der Waals surface area contributed by atoms with Crippen molar-refractivity contribution in [3.63, 3.8) is 0 Å². The van der Waals surface area contributed by atoms with Crippen molar-refractivity contribution < 1.29 is 13.2 Å². The summed E-state index contributed by atoms with van der Waals surface area (Å²) in [5.41, 5.74) is 1.37. The third-order valence-electron chi connectivity index (χ3n) is 2.87. The maximum atomic E-state index is 12.7. The van der Waals surface area contributed by atoms with Gasteiger partial charge in [0.2, 0.25) is 0 Å². The zero-order valence-corrected chi connectivity index (χ0v) is 11.2. The Hall–Kier alpha value is -1.49. The molecule has 1 N–H and O–H groups in total. The van der Waals surface area contributed by atoms with Gasteiger partial charge in [-0.2, -0.15) is 24.5 Å². The zero-order chi connectivity index (χ0) is 13.9. The van der Waals surface area contributed by atoms with Gasteiger partial charge in [0.25, 0.3) is 0 Å². The number of hydrogen-bond donors (Lipinski definition) is 1. The van der Waals surface area contributed by atoms with E-state index in [1.165, 1.54) is 24.6 Å². The highest BCUT2D eigenvalue weighted by molar-refractivity contribution is 7.07. The van der Waals surface area contributed by atoms with E-state index in [9.17, 15) is 13.2 Å². The van der Waals surface area contributed by atoms with E-state index >= 15 is 0 Å².